The van der Waals surface area contributed by atoms with E-state index in [-0.39, 0.29) is 24.6 Å². The van der Waals surface area contributed by atoms with Gasteiger partial charge in [-0.05, 0) is 38.6 Å². The predicted octanol–water partition coefficient (Wildman–Crippen LogP) is 1.53. The maximum absolute atomic E-state index is 12.6. The van der Waals surface area contributed by atoms with Crippen LogP contribution < -0.4 is 5.32 Å². The SMILES string of the molecule is CCCNC1CCCN(C2CCCCC2CO)C1=O. The van der Waals surface area contributed by atoms with Crippen LogP contribution in [0.1, 0.15) is 51.9 Å². The Balaban J connectivity index is 1.99. The Labute approximate surface area is 116 Å². The molecule has 1 saturated heterocycles. The van der Waals surface area contributed by atoms with Gasteiger partial charge in [0.2, 0.25) is 5.91 Å². The summed E-state index contributed by atoms with van der Waals surface area (Å²) >= 11 is 0. The molecule has 1 aliphatic heterocycles. The number of carbonyl (C=O) groups is 1. The van der Waals surface area contributed by atoms with Crippen LogP contribution in [-0.2, 0) is 4.79 Å². The topological polar surface area (TPSA) is 52.6 Å². The van der Waals surface area contributed by atoms with Crippen molar-refractivity contribution in [2.24, 2.45) is 5.92 Å². The van der Waals surface area contributed by atoms with Crippen LogP contribution in [0.4, 0.5) is 0 Å². The highest BCUT2D eigenvalue weighted by atomic mass is 16.3. The Morgan fingerprint density at radius 3 is 2.79 bits per heavy atom. The summed E-state index contributed by atoms with van der Waals surface area (Å²) in [7, 11) is 0. The van der Waals surface area contributed by atoms with Gasteiger partial charge < -0.3 is 15.3 Å². The van der Waals surface area contributed by atoms with Gasteiger partial charge in [0, 0.05) is 25.1 Å². The van der Waals surface area contributed by atoms with E-state index in [1.54, 1.807) is 0 Å². The summed E-state index contributed by atoms with van der Waals surface area (Å²) in [6.45, 7) is 4.14. The van der Waals surface area contributed by atoms with Gasteiger partial charge >= 0.3 is 0 Å². The van der Waals surface area contributed by atoms with Gasteiger partial charge in [-0.3, -0.25) is 4.79 Å². The first kappa shape index (κ1) is 14.8. The Hall–Kier alpha value is -0.610. The molecule has 19 heavy (non-hydrogen) atoms. The van der Waals surface area contributed by atoms with E-state index in [0.29, 0.717) is 5.92 Å². The first-order chi connectivity index (χ1) is 9.27. The number of hydrogen-bond acceptors (Lipinski definition) is 3. The van der Waals surface area contributed by atoms with E-state index in [4.69, 9.17) is 0 Å². The molecule has 1 aliphatic carbocycles. The zero-order chi connectivity index (χ0) is 13.7. The summed E-state index contributed by atoms with van der Waals surface area (Å²) in [5.41, 5.74) is 0. The first-order valence-electron chi connectivity index (χ1n) is 7.92. The molecule has 0 aromatic carbocycles. The molecule has 2 fully saturated rings. The molecule has 1 heterocycles. The van der Waals surface area contributed by atoms with Crippen LogP contribution in [0.3, 0.4) is 0 Å². The van der Waals surface area contributed by atoms with Crippen molar-refractivity contribution < 1.29 is 9.90 Å². The van der Waals surface area contributed by atoms with E-state index in [2.05, 4.69) is 17.1 Å². The minimum atomic E-state index is 0.00923. The maximum atomic E-state index is 12.6. The summed E-state index contributed by atoms with van der Waals surface area (Å²) < 4.78 is 0. The molecule has 1 saturated carbocycles. The van der Waals surface area contributed by atoms with Crippen molar-refractivity contribution >= 4 is 5.91 Å². The van der Waals surface area contributed by atoms with Crippen molar-refractivity contribution in [1.29, 1.82) is 0 Å². The van der Waals surface area contributed by atoms with E-state index in [1.807, 2.05) is 0 Å². The van der Waals surface area contributed by atoms with Crippen LogP contribution in [0.2, 0.25) is 0 Å². The van der Waals surface area contributed by atoms with Crippen LogP contribution in [0, 0.1) is 5.92 Å². The summed E-state index contributed by atoms with van der Waals surface area (Å²) in [6.07, 6.45) is 7.63. The summed E-state index contributed by atoms with van der Waals surface area (Å²) in [4.78, 5) is 14.6. The first-order valence-corrected chi connectivity index (χ1v) is 7.92. The minimum Gasteiger partial charge on any atom is -0.396 e. The zero-order valence-corrected chi connectivity index (χ0v) is 12.1. The van der Waals surface area contributed by atoms with Crippen LogP contribution in [0.5, 0.6) is 0 Å². The molecule has 0 bridgehead atoms. The number of aliphatic hydroxyl groups excluding tert-OH is 1. The van der Waals surface area contributed by atoms with Crippen molar-refractivity contribution in [1.82, 2.24) is 10.2 Å². The number of likely N-dealkylation sites (tertiary alicyclic amines) is 1. The second kappa shape index (κ2) is 7.25. The fourth-order valence-corrected chi connectivity index (χ4v) is 3.55. The molecule has 4 nitrogen and oxygen atoms in total. The molecule has 0 radical (unpaired) electrons. The summed E-state index contributed by atoms with van der Waals surface area (Å²) in [5, 5.41) is 12.9. The van der Waals surface area contributed by atoms with Crippen LogP contribution in [0.25, 0.3) is 0 Å². The highest BCUT2D eigenvalue weighted by molar-refractivity contribution is 5.83. The normalized spacial score (nSPS) is 32.6. The van der Waals surface area contributed by atoms with Gasteiger partial charge in [-0.1, -0.05) is 19.8 Å². The maximum Gasteiger partial charge on any atom is 0.239 e. The summed E-state index contributed by atoms with van der Waals surface area (Å²) in [6, 6.07) is 0.285. The van der Waals surface area contributed by atoms with Gasteiger partial charge in [-0.15, -0.1) is 0 Å². The van der Waals surface area contributed by atoms with E-state index in [0.717, 1.165) is 45.2 Å². The Morgan fingerprint density at radius 1 is 1.26 bits per heavy atom. The lowest BCUT2D eigenvalue weighted by Crippen LogP contribution is -2.56. The molecule has 110 valence electrons. The lowest BCUT2D eigenvalue weighted by molar-refractivity contribution is -0.141. The molecule has 0 aromatic rings. The third kappa shape index (κ3) is 3.48. The van der Waals surface area contributed by atoms with E-state index in [1.165, 1.54) is 12.8 Å². The fraction of sp³-hybridized carbons (Fsp3) is 0.933. The minimum absolute atomic E-state index is 0.00923. The molecule has 3 atom stereocenters. The highest BCUT2D eigenvalue weighted by Crippen LogP contribution is 2.30. The molecular formula is C15H28N2O2. The standard InChI is InChI=1S/C15H28N2O2/c1-2-9-16-13-7-5-10-17(15(13)19)14-8-4-3-6-12(14)11-18/h12-14,16,18H,2-11H2,1H3. The molecule has 1 amide bonds. The lowest BCUT2D eigenvalue weighted by Gasteiger charge is -2.43. The van der Waals surface area contributed by atoms with Crippen molar-refractivity contribution in [3.8, 4) is 0 Å². The zero-order valence-electron chi connectivity index (χ0n) is 12.1. The number of hydrogen-bond donors (Lipinski definition) is 2. The summed E-state index contributed by atoms with van der Waals surface area (Å²) in [5.74, 6) is 0.563. The number of carbonyl (C=O) groups excluding carboxylic acids is 1. The van der Waals surface area contributed by atoms with Gasteiger partial charge in [0.25, 0.3) is 0 Å². The average molecular weight is 268 g/mol. The van der Waals surface area contributed by atoms with E-state index in [9.17, 15) is 9.90 Å². The van der Waals surface area contributed by atoms with Crippen molar-refractivity contribution in [3.63, 3.8) is 0 Å². The van der Waals surface area contributed by atoms with Gasteiger partial charge in [0.1, 0.15) is 0 Å². The van der Waals surface area contributed by atoms with Gasteiger partial charge in [-0.25, -0.2) is 0 Å². The van der Waals surface area contributed by atoms with Gasteiger partial charge in [0.05, 0.1) is 6.04 Å². The Kier molecular flexibility index (Phi) is 5.64. The number of rotatable bonds is 5. The van der Waals surface area contributed by atoms with Crippen LogP contribution in [0.15, 0.2) is 0 Å². The molecular weight excluding hydrogens is 240 g/mol. The lowest BCUT2D eigenvalue weighted by atomic mass is 9.83. The molecule has 3 unspecified atom stereocenters. The molecule has 0 aromatic heterocycles. The van der Waals surface area contributed by atoms with E-state index >= 15 is 0 Å². The third-order valence-electron chi connectivity index (χ3n) is 4.62. The van der Waals surface area contributed by atoms with Gasteiger partial charge in [-0.2, -0.15) is 0 Å². The van der Waals surface area contributed by atoms with Gasteiger partial charge in [0.15, 0.2) is 0 Å². The predicted molar refractivity (Wildman–Crippen MR) is 75.9 cm³/mol. The molecule has 0 spiro atoms. The number of amides is 1. The number of nitrogens with one attached hydrogen (secondary N) is 1. The third-order valence-corrected chi connectivity index (χ3v) is 4.62. The molecule has 2 N–H and O–H groups in total. The average Bonchev–Trinajstić information content (AvgIpc) is 2.46. The number of piperidine rings is 1. The highest BCUT2D eigenvalue weighted by Gasteiger charge is 2.37. The van der Waals surface area contributed by atoms with Crippen molar-refractivity contribution in [2.75, 3.05) is 19.7 Å². The quantitative estimate of drug-likeness (QED) is 0.795. The molecule has 4 heteroatoms. The largest absolute Gasteiger partial charge is 0.396 e. The smallest absolute Gasteiger partial charge is 0.239 e. The molecule has 2 aliphatic rings. The van der Waals surface area contributed by atoms with Crippen molar-refractivity contribution in [2.45, 2.75) is 64.0 Å². The second-order valence-electron chi connectivity index (χ2n) is 5.98. The van der Waals surface area contributed by atoms with Crippen LogP contribution in [-0.4, -0.2) is 47.7 Å². The van der Waals surface area contributed by atoms with Crippen molar-refractivity contribution in [3.05, 3.63) is 0 Å². The Bertz CT molecular complexity index is 296. The monoisotopic (exact) mass is 268 g/mol. The Morgan fingerprint density at radius 2 is 2.05 bits per heavy atom. The fourth-order valence-electron chi connectivity index (χ4n) is 3.55. The van der Waals surface area contributed by atoms with Crippen LogP contribution >= 0.6 is 0 Å². The second-order valence-corrected chi connectivity index (χ2v) is 5.98. The number of aliphatic hydroxyl groups is 1. The molecule has 2 rings (SSSR count). The van der Waals surface area contributed by atoms with E-state index < -0.39 is 0 Å². The number of nitrogens with zero attached hydrogens (tertiary/aromatic N) is 1.